The summed E-state index contributed by atoms with van der Waals surface area (Å²) in [4.78, 5) is 12.6. The predicted molar refractivity (Wildman–Crippen MR) is 113 cm³/mol. The van der Waals surface area contributed by atoms with E-state index in [0.29, 0.717) is 35.5 Å². The lowest BCUT2D eigenvalue weighted by Gasteiger charge is -2.54. The molecule has 0 saturated heterocycles. The Labute approximate surface area is 175 Å². The summed E-state index contributed by atoms with van der Waals surface area (Å²) < 4.78 is 0. The maximum absolute atomic E-state index is 12.6. The van der Waals surface area contributed by atoms with Crippen molar-refractivity contribution in [2.75, 3.05) is 6.61 Å². The number of hydrogen-bond acceptors (Lipinski definition) is 4. The lowest BCUT2D eigenvalue weighted by atomic mass is 9.50. The van der Waals surface area contributed by atoms with E-state index >= 15 is 0 Å². The van der Waals surface area contributed by atoms with Crippen LogP contribution in [0.3, 0.4) is 0 Å². The molecule has 0 aromatic carbocycles. The zero-order chi connectivity index (χ0) is 21.4. The molecule has 1 unspecified atom stereocenters. The third-order valence-corrected chi connectivity index (χ3v) is 9.90. The summed E-state index contributed by atoms with van der Waals surface area (Å²) >= 11 is 0. The van der Waals surface area contributed by atoms with Gasteiger partial charge in [0.25, 0.3) is 0 Å². The molecule has 4 nitrogen and oxygen atoms in total. The standard InChI is InChI=1S/C25H40O4/c1-15-8-9-25-16(2)6-7-17(25)20-22(3,12-18(15)25)10-11-23(20,4)13-19(27)21(28)24(5,29)14-26/h12,15-17,19-20,26-27,29H,6-11,13-14H2,1-5H3/t15-,16-,17-,19-,20-,22+,23+,24?,25-/m0/s1. The summed E-state index contributed by atoms with van der Waals surface area (Å²) in [6, 6.07) is 0. The highest BCUT2D eigenvalue weighted by Gasteiger charge is 2.67. The van der Waals surface area contributed by atoms with Crippen molar-refractivity contribution in [2.45, 2.75) is 91.3 Å². The van der Waals surface area contributed by atoms with Gasteiger partial charge in [-0.2, -0.15) is 0 Å². The number of Topliss-reactive ketones (excluding diaryl/α,β-unsaturated/α-hetero) is 1. The number of carbonyl (C=O) groups is 1. The fourth-order valence-electron chi connectivity index (χ4n) is 8.52. The Balaban J connectivity index is 1.70. The van der Waals surface area contributed by atoms with Gasteiger partial charge in [0.2, 0.25) is 0 Å². The number of hydrogen-bond donors (Lipinski definition) is 3. The highest BCUT2D eigenvalue weighted by molar-refractivity contribution is 5.90. The molecule has 3 N–H and O–H groups in total. The summed E-state index contributed by atoms with van der Waals surface area (Å²) in [6.07, 6.45) is 8.98. The van der Waals surface area contributed by atoms with Crippen LogP contribution in [0, 0.1) is 39.9 Å². The van der Waals surface area contributed by atoms with Gasteiger partial charge < -0.3 is 15.3 Å². The molecule has 29 heavy (non-hydrogen) atoms. The first-order chi connectivity index (χ1) is 13.4. The molecule has 9 atom stereocenters. The minimum absolute atomic E-state index is 0.128. The normalized spacial score (nSPS) is 49.0. The van der Waals surface area contributed by atoms with Gasteiger partial charge in [0.05, 0.1) is 6.61 Å². The minimum atomic E-state index is -1.87. The lowest BCUT2D eigenvalue weighted by molar-refractivity contribution is -0.151. The van der Waals surface area contributed by atoms with E-state index in [4.69, 9.17) is 0 Å². The van der Waals surface area contributed by atoms with Crippen LogP contribution in [-0.2, 0) is 4.79 Å². The van der Waals surface area contributed by atoms with Gasteiger partial charge in [-0.05, 0) is 91.8 Å². The quantitative estimate of drug-likeness (QED) is 0.608. The Morgan fingerprint density at radius 3 is 2.55 bits per heavy atom. The molecular formula is C25H40O4. The van der Waals surface area contributed by atoms with Crippen molar-refractivity contribution in [3.8, 4) is 0 Å². The number of carbonyl (C=O) groups excluding carboxylic acids is 1. The minimum Gasteiger partial charge on any atom is -0.393 e. The molecule has 4 heteroatoms. The fourth-order valence-corrected chi connectivity index (χ4v) is 8.52. The van der Waals surface area contributed by atoms with E-state index in [1.54, 1.807) is 5.57 Å². The largest absolute Gasteiger partial charge is 0.393 e. The first-order valence-electron chi connectivity index (χ1n) is 11.7. The molecule has 4 aliphatic carbocycles. The fraction of sp³-hybridized carbons (Fsp3) is 0.880. The third kappa shape index (κ3) is 2.85. The SMILES string of the molecule is C[C@H]1CC[C@@]23C1=C[C@@]1(C)CC[C@](C)(C[C@H](O)C(=O)C(C)(O)CO)[C@H]1[C@@H]2CC[C@@H]3C. The highest BCUT2D eigenvalue weighted by atomic mass is 16.3. The van der Waals surface area contributed by atoms with Crippen LogP contribution < -0.4 is 0 Å². The Bertz CT molecular complexity index is 726. The van der Waals surface area contributed by atoms with Crippen LogP contribution >= 0.6 is 0 Å². The van der Waals surface area contributed by atoms with Crippen LogP contribution in [-0.4, -0.2) is 39.4 Å². The predicted octanol–water partition coefficient (Wildman–Crippen LogP) is 3.87. The maximum Gasteiger partial charge on any atom is 0.194 e. The number of ketones is 1. The van der Waals surface area contributed by atoms with Crippen LogP contribution in [0.15, 0.2) is 11.6 Å². The molecule has 3 fully saturated rings. The van der Waals surface area contributed by atoms with Crippen molar-refractivity contribution in [1.29, 1.82) is 0 Å². The third-order valence-electron chi connectivity index (χ3n) is 9.90. The topological polar surface area (TPSA) is 77.8 Å². The summed E-state index contributed by atoms with van der Waals surface area (Å²) in [5.74, 6) is 1.82. The first kappa shape index (κ1) is 21.5. The van der Waals surface area contributed by atoms with Gasteiger partial charge in [-0.25, -0.2) is 0 Å². The second kappa shape index (κ2) is 6.64. The molecule has 0 bridgehead atoms. The van der Waals surface area contributed by atoms with E-state index in [1.807, 2.05) is 0 Å². The average Bonchev–Trinajstić information content (AvgIpc) is 3.25. The summed E-state index contributed by atoms with van der Waals surface area (Å²) in [5, 5.41) is 30.3. The Morgan fingerprint density at radius 1 is 1.21 bits per heavy atom. The molecule has 3 saturated carbocycles. The van der Waals surface area contributed by atoms with Gasteiger partial charge in [0, 0.05) is 0 Å². The molecule has 1 spiro atoms. The van der Waals surface area contributed by atoms with Crippen LogP contribution in [0.1, 0.15) is 79.6 Å². The molecule has 0 radical (unpaired) electrons. The number of allylic oxidation sites excluding steroid dienone is 2. The van der Waals surface area contributed by atoms with Crippen molar-refractivity contribution in [3.05, 3.63) is 11.6 Å². The van der Waals surface area contributed by atoms with Gasteiger partial charge in [0.1, 0.15) is 11.7 Å². The van der Waals surface area contributed by atoms with Crippen molar-refractivity contribution in [1.82, 2.24) is 0 Å². The Morgan fingerprint density at radius 2 is 1.90 bits per heavy atom. The molecule has 0 heterocycles. The Hall–Kier alpha value is -0.710. The Kier molecular flexibility index (Phi) is 4.93. The molecular weight excluding hydrogens is 364 g/mol. The molecule has 0 amide bonds. The monoisotopic (exact) mass is 404 g/mol. The first-order valence-corrected chi connectivity index (χ1v) is 11.7. The number of rotatable bonds is 5. The zero-order valence-corrected chi connectivity index (χ0v) is 18.9. The van der Waals surface area contributed by atoms with Crippen LogP contribution in [0.2, 0.25) is 0 Å². The van der Waals surface area contributed by atoms with Crippen LogP contribution in [0.5, 0.6) is 0 Å². The summed E-state index contributed by atoms with van der Waals surface area (Å²) in [7, 11) is 0. The smallest absolute Gasteiger partial charge is 0.194 e. The maximum atomic E-state index is 12.6. The second-order valence-corrected chi connectivity index (χ2v) is 11.8. The van der Waals surface area contributed by atoms with E-state index in [-0.39, 0.29) is 10.8 Å². The van der Waals surface area contributed by atoms with E-state index < -0.39 is 24.1 Å². The summed E-state index contributed by atoms with van der Waals surface area (Å²) in [6.45, 7) is 10.2. The van der Waals surface area contributed by atoms with Crippen molar-refractivity contribution >= 4 is 5.78 Å². The number of fused-ring (bicyclic) bond motifs is 2. The number of aliphatic hydroxyl groups excluding tert-OH is 2. The highest BCUT2D eigenvalue weighted by Crippen LogP contribution is 2.74. The van der Waals surface area contributed by atoms with Crippen LogP contribution in [0.4, 0.5) is 0 Å². The summed E-state index contributed by atoms with van der Waals surface area (Å²) in [5.41, 5.74) is 0.159. The van der Waals surface area contributed by atoms with E-state index in [9.17, 15) is 20.1 Å². The van der Waals surface area contributed by atoms with Gasteiger partial charge in [-0.1, -0.05) is 39.3 Å². The van der Waals surface area contributed by atoms with Gasteiger partial charge in [0.15, 0.2) is 5.78 Å². The van der Waals surface area contributed by atoms with E-state index in [0.717, 1.165) is 12.8 Å². The van der Waals surface area contributed by atoms with E-state index in [2.05, 4.69) is 33.8 Å². The molecule has 0 aliphatic heterocycles. The molecule has 0 aromatic rings. The van der Waals surface area contributed by atoms with Gasteiger partial charge in [-0.15, -0.1) is 0 Å². The van der Waals surface area contributed by atoms with Gasteiger partial charge in [-0.3, -0.25) is 4.79 Å². The molecule has 4 aliphatic rings. The second-order valence-electron chi connectivity index (χ2n) is 11.8. The van der Waals surface area contributed by atoms with Crippen molar-refractivity contribution in [2.24, 2.45) is 39.9 Å². The van der Waals surface area contributed by atoms with Crippen LogP contribution in [0.25, 0.3) is 0 Å². The molecule has 4 rings (SSSR count). The number of aliphatic hydroxyl groups is 3. The van der Waals surface area contributed by atoms with Crippen molar-refractivity contribution < 1.29 is 20.1 Å². The molecule has 164 valence electrons. The van der Waals surface area contributed by atoms with E-state index in [1.165, 1.54) is 32.6 Å². The molecule has 0 aromatic heterocycles. The lowest BCUT2D eigenvalue weighted by Crippen LogP contribution is -2.51. The average molecular weight is 405 g/mol. The van der Waals surface area contributed by atoms with Gasteiger partial charge >= 0.3 is 0 Å². The zero-order valence-electron chi connectivity index (χ0n) is 18.9. The van der Waals surface area contributed by atoms with Crippen molar-refractivity contribution in [3.63, 3.8) is 0 Å².